The quantitative estimate of drug-likeness (QED) is 0.467. The number of carboxylic acids is 2. The highest BCUT2D eigenvalue weighted by molar-refractivity contribution is 7.92. The highest BCUT2D eigenvalue weighted by Crippen LogP contribution is 2.32. The summed E-state index contributed by atoms with van der Waals surface area (Å²) >= 11 is 0. The van der Waals surface area contributed by atoms with Gasteiger partial charge in [0.2, 0.25) is 0 Å². The first kappa shape index (κ1) is 29.5. The number of aromatic carboxylic acids is 1. The molecule has 0 saturated carbocycles. The van der Waals surface area contributed by atoms with Crippen molar-refractivity contribution in [1.82, 2.24) is 0 Å². The monoisotopic (exact) mass is 548 g/mol. The lowest BCUT2D eigenvalue weighted by Gasteiger charge is -2.33. The van der Waals surface area contributed by atoms with Crippen LogP contribution in [0, 0.1) is 5.92 Å². The lowest BCUT2D eigenvalue weighted by Crippen LogP contribution is -2.33. The van der Waals surface area contributed by atoms with Gasteiger partial charge >= 0.3 is 18.1 Å². The minimum atomic E-state index is -5.08. The van der Waals surface area contributed by atoms with E-state index in [0.717, 1.165) is 25.9 Å². The number of ether oxygens (including phenoxy) is 2. The van der Waals surface area contributed by atoms with Gasteiger partial charge in [0.1, 0.15) is 0 Å². The average molecular weight is 549 g/mol. The summed E-state index contributed by atoms with van der Waals surface area (Å²) in [5.41, 5.74) is 0.844. The van der Waals surface area contributed by atoms with Gasteiger partial charge in [-0.3, -0.25) is 4.72 Å². The maximum absolute atomic E-state index is 12.8. The highest BCUT2D eigenvalue weighted by atomic mass is 32.2. The molecule has 10 nitrogen and oxygen atoms in total. The van der Waals surface area contributed by atoms with Crippen LogP contribution in [-0.2, 0) is 14.8 Å². The van der Waals surface area contributed by atoms with Crippen molar-refractivity contribution < 1.29 is 50.9 Å². The third-order valence-electron chi connectivity index (χ3n) is 5.51. The van der Waals surface area contributed by atoms with E-state index in [9.17, 15) is 31.5 Å². The Bertz CT molecular complexity index is 1230. The molecule has 0 aliphatic carbocycles. The number of benzene rings is 2. The molecule has 1 saturated heterocycles. The van der Waals surface area contributed by atoms with Gasteiger partial charge in [0.05, 0.1) is 30.4 Å². The fourth-order valence-corrected chi connectivity index (χ4v) is 4.56. The molecule has 1 aliphatic heterocycles. The van der Waals surface area contributed by atoms with E-state index in [1.165, 1.54) is 38.5 Å². The van der Waals surface area contributed by atoms with Crippen LogP contribution in [0.25, 0.3) is 0 Å². The second-order valence-corrected chi connectivity index (χ2v) is 9.81. The molecule has 0 bridgehead atoms. The number of piperidine rings is 1. The Kier molecular flexibility index (Phi) is 9.61. The Morgan fingerprint density at radius 2 is 1.57 bits per heavy atom. The summed E-state index contributed by atoms with van der Waals surface area (Å²) in [6.07, 6.45) is -3.10. The Balaban J connectivity index is 0.000000604. The molecule has 1 fully saturated rings. The number of anilines is 2. The van der Waals surface area contributed by atoms with E-state index in [1.54, 1.807) is 12.1 Å². The van der Waals surface area contributed by atoms with E-state index in [4.69, 9.17) is 19.4 Å². The van der Waals surface area contributed by atoms with Gasteiger partial charge in [0, 0.05) is 24.8 Å². The number of carbonyl (C=O) groups is 2. The molecular formula is C23H27F3N2O8S. The zero-order chi connectivity index (χ0) is 28.0. The number of methoxy groups -OCH3 is 2. The molecule has 2 aromatic carbocycles. The third-order valence-corrected chi connectivity index (χ3v) is 6.89. The number of nitrogens with zero attached hydrogens (tertiary/aromatic N) is 1. The predicted molar refractivity (Wildman–Crippen MR) is 128 cm³/mol. The maximum atomic E-state index is 12.8. The van der Waals surface area contributed by atoms with Gasteiger partial charge in [-0.2, -0.15) is 13.2 Å². The number of nitrogens with one attached hydrogen (secondary N) is 1. The number of aliphatic carboxylic acids is 1. The van der Waals surface area contributed by atoms with Crippen LogP contribution >= 0.6 is 0 Å². The van der Waals surface area contributed by atoms with Gasteiger partial charge in [-0.25, -0.2) is 18.0 Å². The molecule has 0 aromatic heterocycles. The summed E-state index contributed by atoms with van der Waals surface area (Å²) in [7, 11) is -1.07. The topological polar surface area (TPSA) is 142 Å². The van der Waals surface area contributed by atoms with Crippen molar-refractivity contribution in [2.45, 2.75) is 30.8 Å². The van der Waals surface area contributed by atoms with Gasteiger partial charge in [-0.15, -0.1) is 0 Å². The fraction of sp³-hybridized carbons (Fsp3) is 0.391. The predicted octanol–water partition coefficient (Wildman–Crippen LogP) is 4.07. The lowest BCUT2D eigenvalue weighted by atomic mass is 9.98. The minimum absolute atomic E-state index is 0.0221. The van der Waals surface area contributed by atoms with Crippen LogP contribution in [0.5, 0.6) is 11.5 Å². The minimum Gasteiger partial charge on any atom is -0.493 e. The molecule has 0 amide bonds. The number of carboxylic acid groups (broad SMARTS) is 2. The Morgan fingerprint density at radius 1 is 1.00 bits per heavy atom. The molecule has 14 heteroatoms. The first-order valence-electron chi connectivity index (χ1n) is 10.9. The first-order valence-corrected chi connectivity index (χ1v) is 12.3. The van der Waals surface area contributed by atoms with Gasteiger partial charge < -0.3 is 24.6 Å². The van der Waals surface area contributed by atoms with Crippen LogP contribution in [-0.4, -0.2) is 64.1 Å². The van der Waals surface area contributed by atoms with E-state index in [-0.39, 0.29) is 21.9 Å². The molecule has 1 heterocycles. The van der Waals surface area contributed by atoms with E-state index < -0.39 is 28.1 Å². The van der Waals surface area contributed by atoms with Crippen molar-refractivity contribution in [3.8, 4) is 11.5 Å². The third kappa shape index (κ3) is 7.90. The average Bonchev–Trinajstić information content (AvgIpc) is 2.83. The summed E-state index contributed by atoms with van der Waals surface area (Å²) in [6, 6.07) is 8.84. The Morgan fingerprint density at radius 3 is 2.05 bits per heavy atom. The summed E-state index contributed by atoms with van der Waals surface area (Å²) in [4.78, 5) is 22.7. The largest absolute Gasteiger partial charge is 0.493 e. The van der Waals surface area contributed by atoms with Gasteiger partial charge in [-0.05, 0) is 49.1 Å². The van der Waals surface area contributed by atoms with Crippen molar-refractivity contribution in [3.63, 3.8) is 0 Å². The van der Waals surface area contributed by atoms with Crippen LogP contribution in [0.4, 0.5) is 24.5 Å². The molecule has 204 valence electrons. The zero-order valence-corrected chi connectivity index (χ0v) is 21.0. The van der Waals surface area contributed by atoms with E-state index in [2.05, 4.69) is 11.6 Å². The number of halogens is 3. The van der Waals surface area contributed by atoms with Crippen LogP contribution in [0.2, 0.25) is 0 Å². The van der Waals surface area contributed by atoms with Crippen LogP contribution in [0.1, 0.15) is 30.1 Å². The normalized spacial score (nSPS) is 14.3. The molecule has 3 N–H and O–H groups in total. The van der Waals surface area contributed by atoms with E-state index >= 15 is 0 Å². The summed E-state index contributed by atoms with van der Waals surface area (Å²) < 4.78 is 70.1. The molecule has 37 heavy (non-hydrogen) atoms. The van der Waals surface area contributed by atoms with Crippen LogP contribution in [0.15, 0.2) is 41.3 Å². The summed E-state index contributed by atoms with van der Waals surface area (Å²) in [5.74, 6) is -2.56. The fourth-order valence-electron chi connectivity index (χ4n) is 3.49. The van der Waals surface area contributed by atoms with Crippen LogP contribution in [0.3, 0.4) is 0 Å². The van der Waals surface area contributed by atoms with Crippen molar-refractivity contribution >= 4 is 33.3 Å². The molecular weight excluding hydrogens is 521 g/mol. The summed E-state index contributed by atoms with van der Waals surface area (Å²) in [6.45, 7) is 3.73. The first-order chi connectivity index (χ1) is 17.2. The maximum Gasteiger partial charge on any atom is 0.490 e. The molecule has 0 radical (unpaired) electrons. The molecule has 0 atom stereocenters. The van der Waals surface area contributed by atoms with Crippen molar-refractivity contribution in [3.05, 3.63) is 42.0 Å². The Hall–Kier alpha value is -3.68. The van der Waals surface area contributed by atoms with E-state index in [0.29, 0.717) is 17.4 Å². The number of hydrogen-bond donors (Lipinski definition) is 3. The SMILES string of the molecule is COc1ccc(S(=O)(=O)Nc2ccc(N3CCC(C)CC3)c(C(=O)O)c2)cc1OC.O=C(O)C(F)(F)F. The molecule has 1 aliphatic rings. The second-order valence-electron chi connectivity index (χ2n) is 8.13. The number of hydrogen-bond acceptors (Lipinski definition) is 7. The number of alkyl halides is 3. The smallest absolute Gasteiger partial charge is 0.490 e. The van der Waals surface area contributed by atoms with Crippen LogP contribution < -0.4 is 19.1 Å². The van der Waals surface area contributed by atoms with Crippen molar-refractivity contribution in [2.75, 3.05) is 36.9 Å². The second kappa shape index (κ2) is 12.0. The van der Waals surface area contributed by atoms with Gasteiger partial charge in [0.15, 0.2) is 11.5 Å². The standard InChI is InChI=1S/C21H26N2O6S.C2HF3O2/c1-14-8-10-23(11-9-14)18-6-4-15(12-17(18)21(24)25)22-30(26,27)16-5-7-19(28-2)20(13-16)29-3;3-2(4,5)1(6)7/h4-7,12-14,22H,8-11H2,1-3H3,(H,24,25);(H,6,7). The number of rotatable bonds is 7. The van der Waals surface area contributed by atoms with Gasteiger partial charge in [-0.1, -0.05) is 6.92 Å². The Labute approximate surface area is 211 Å². The summed E-state index contributed by atoms with van der Waals surface area (Å²) in [5, 5.41) is 16.8. The zero-order valence-electron chi connectivity index (χ0n) is 20.2. The molecule has 3 rings (SSSR count). The molecule has 2 aromatic rings. The van der Waals surface area contributed by atoms with Crippen molar-refractivity contribution in [2.24, 2.45) is 5.92 Å². The number of sulfonamides is 1. The lowest BCUT2D eigenvalue weighted by molar-refractivity contribution is -0.192. The van der Waals surface area contributed by atoms with Gasteiger partial charge in [0.25, 0.3) is 10.0 Å². The van der Waals surface area contributed by atoms with E-state index in [1.807, 2.05) is 4.90 Å². The highest BCUT2D eigenvalue weighted by Gasteiger charge is 2.38. The molecule has 0 unspecified atom stereocenters. The molecule has 0 spiro atoms. The van der Waals surface area contributed by atoms with Crippen molar-refractivity contribution in [1.29, 1.82) is 0 Å².